The van der Waals surface area contributed by atoms with Gasteiger partial charge in [0, 0.05) is 11.3 Å². The van der Waals surface area contributed by atoms with Gasteiger partial charge < -0.3 is 10.7 Å². The highest BCUT2D eigenvalue weighted by Crippen LogP contribution is 2.33. The number of aromatic amines is 2. The lowest BCUT2D eigenvalue weighted by Gasteiger charge is -2.05. The number of benzene rings is 2. The summed E-state index contributed by atoms with van der Waals surface area (Å²) >= 11 is 0. The third kappa shape index (κ3) is 2.56. The minimum atomic E-state index is 0.541. The minimum Gasteiger partial charge on any atom is -0.382 e. The van der Waals surface area contributed by atoms with Crippen LogP contribution in [0.1, 0.15) is 37.4 Å². The van der Waals surface area contributed by atoms with Gasteiger partial charge in [0.2, 0.25) is 0 Å². The monoisotopic (exact) mass is 343 g/mol. The molecule has 0 aliphatic heterocycles. The Labute approximate surface area is 151 Å². The first-order valence-electron chi connectivity index (χ1n) is 9.17. The van der Waals surface area contributed by atoms with Crippen LogP contribution in [0.25, 0.3) is 33.3 Å². The van der Waals surface area contributed by atoms with E-state index < -0.39 is 0 Å². The maximum Gasteiger partial charge on any atom is 0.153 e. The molecule has 2 heterocycles. The molecule has 5 rings (SSSR count). The number of imidazole rings is 1. The molecule has 26 heavy (non-hydrogen) atoms. The lowest BCUT2D eigenvalue weighted by atomic mass is 10.0. The van der Waals surface area contributed by atoms with Gasteiger partial charge in [0.25, 0.3) is 0 Å². The van der Waals surface area contributed by atoms with Crippen LogP contribution in [0.2, 0.25) is 0 Å². The van der Waals surface area contributed by atoms with Crippen LogP contribution in [0.3, 0.4) is 0 Å². The van der Waals surface area contributed by atoms with Crippen molar-refractivity contribution in [2.24, 2.45) is 0 Å². The van der Waals surface area contributed by atoms with Crippen LogP contribution >= 0.6 is 0 Å². The van der Waals surface area contributed by atoms with Crippen molar-refractivity contribution in [3.8, 4) is 22.4 Å². The Hall–Kier alpha value is -3.08. The van der Waals surface area contributed by atoms with Crippen molar-refractivity contribution in [2.75, 3.05) is 5.73 Å². The van der Waals surface area contributed by atoms with Crippen LogP contribution in [0.15, 0.2) is 48.7 Å². The maximum atomic E-state index is 5.84. The van der Waals surface area contributed by atoms with Crippen LogP contribution in [0.5, 0.6) is 0 Å². The van der Waals surface area contributed by atoms with Crippen molar-refractivity contribution in [1.29, 1.82) is 0 Å². The number of nitrogen functional groups attached to an aromatic ring is 1. The molecule has 5 nitrogen and oxygen atoms in total. The molecule has 1 saturated carbocycles. The van der Waals surface area contributed by atoms with Crippen LogP contribution in [0, 0.1) is 0 Å². The zero-order chi connectivity index (χ0) is 17.5. The molecule has 0 saturated heterocycles. The van der Waals surface area contributed by atoms with E-state index in [2.05, 4.69) is 56.6 Å². The number of hydrogen-bond acceptors (Lipinski definition) is 3. The fourth-order valence-electron chi connectivity index (χ4n) is 3.95. The van der Waals surface area contributed by atoms with Crippen LogP contribution in [0.4, 0.5) is 5.82 Å². The highest BCUT2D eigenvalue weighted by Gasteiger charge is 2.20. The second kappa shape index (κ2) is 6.02. The Morgan fingerprint density at radius 2 is 1.65 bits per heavy atom. The van der Waals surface area contributed by atoms with Gasteiger partial charge in [-0.2, -0.15) is 5.10 Å². The summed E-state index contributed by atoms with van der Waals surface area (Å²) in [6.07, 6.45) is 7.12. The van der Waals surface area contributed by atoms with Gasteiger partial charge in [0.15, 0.2) is 5.82 Å². The second-order valence-electron chi connectivity index (χ2n) is 7.11. The fraction of sp³-hybridized carbons (Fsp3) is 0.238. The first kappa shape index (κ1) is 15.2. The number of hydrogen-bond donors (Lipinski definition) is 3. The standard InChI is InChI=1S/C21H21N5/c22-20-17-10-9-16(11-18(17)25-26-20)13-5-7-14(8-6-13)19-12-23-21(24-19)15-3-1-2-4-15/h5-12,15H,1-4H2,(H,23,24)(H3,22,25,26). The fourth-order valence-corrected chi connectivity index (χ4v) is 3.95. The Balaban J connectivity index is 1.42. The molecule has 1 aliphatic carbocycles. The summed E-state index contributed by atoms with van der Waals surface area (Å²) in [6, 6.07) is 14.8. The zero-order valence-corrected chi connectivity index (χ0v) is 14.5. The smallest absolute Gasteiger partial charge is 0.153 e. The predicted molar refractivity (Wildman–Crippen MR) is 105 cm³/mol. The van der Waals surface area contributed by atoms with Gasteiger partial charge in [-0.15, -0.1) is 0 Å². The number of rotatable bonds is 3. The summed E-state index contributed by atoms with van der Waals surface area (Å²) in [5.41, 5.74) is 11.4. The molecule has 1 fully saturated rings. The lowest BCUT2D eigenvalue weighted by Crippen LogP contribution is -1.94. The van der Waals surface area contributed by atoms with E-state index in [4.69, 9.17) is 5.73 Å². The van der Waals surface area contributed by atoms with Crippen molar-refractivity contribution >= 4 is 16.7 Å². The third-order valence-corrected chi connectivity index (χ3v) is 5.46. The molecule has 0 unspecified atom stereocenters. The first-order chi connectivity index (χ1) is 12.8. The third-order valence-electron chi connectivity index (χ3n) is 5.46. The number of nitrogens with two attached hydrogens (primary N) is 1. The molecule has 0 bridgehead atoms. The van der Waals surface area contributed by atoms with Gasteiger partial charge in [0.1, 0.15) is 5.82 Å². The number of anilines is 1. The number of H-pyrrole nitrogens is 2. The largest absolute Gasteiger partial charge is 0.382 e. The van der Waals surface area contributed by atoms with Crippen LogP contribution < -0.4 is 5.73 Å². The number of aromatic nitrogens is 4. The first-order valence-corrected chi connectivity index (χ1v) is 9.17. The van der Waals surface area contributed by atoms with Crippen molar-refractivity contribution < 1.29 is 0 Å². The molecule has 1 aliphatic rings. The van der Waals surface area contributed by atoms with Gasteiger partial charge in [-0.25, -0.2) is 4.98 Å². The second-order valence-corrected chi connectivity index (χ2v) is 7.11. The van der Waals surface area contributed by atoms with E-state index in [0.29, 0.717) is 11.7 Å². The van der Waals surface area contributed by atoms with Crippen molar-refractivity contribution in [3.05, 3.63) is 54.5 Å². The molecule has 0 atom stereocenters. The zero-order valence-electron chi connectivity index (χ0n) is 14.5. The normalized spacial score (nSPS) is 15.1. The minimum absolute atomic E-state index is 0.541. The van der Waals surface area contributed by atoms with E-state index >= 15 is 0 Å². The van der Waals surface area contributed by atoms with E-state index in [1.807, 2.05) is 12.3 Å². The summed E-state index contributed by atoms with van der Waals surface area (Å²) in [5, 5.41) is 8.00. The molecule has 130 valence electrons. The maximum absolute atomic E-state index is 5.84. The molecule has 0 radical (unpaired) electrons. The molecule has 2 aromatic carbocycles. The van der Waals surface area contributed by atoms with Crippen LogP contribution in [-0.2, 0) is 0 Å². The van der Waals surface area contributed by atoms with E-state index in [1.54, 1.807) is 0 Å². The molecular formula is C21H21N5. The Kier molecular flexibility index (Phi) is 3.52. The molecular weight excluding hydrogens is 322 g/mol. The number of nitrogens with one attached hydrogen (secondary N) is 2. The molecule has 0 spiro atoms. The lowest BCUT2D eigenvalue weighted by molar-refractivity contribution is 0.679. The summed E-state index contributed by atoms with van der Waals surface area (Å²) in [6.45, 7) is 0. The number of nitrogens with zero attached hydrogens (tertiary/aromatic N) is 2. The Morgan fingerprint density at radius 1 is 0.923 bits per heavy atom. The van der Waals surface area contributed by atoms with Gasteiger partial charge >= 0.3 is 0 Å². The van der Waals surface area contributed by atoms with Gasteiger partial charge in [0.05, 0.1) is 17.4 Å². The summed E-state index contributed by atoms with van der Waals surface area (Å²) in [4.78, 5) is 8.13. The van der Waals surface area contributed by atoms with Crippen molar-refractivity contribution in [3.63, 3.8) is 0 Å². The summed E-state index contributed by atoms with van der Waals surface area (Å²) in [5.74, 6) is 2.29. The molecule has 4 N–H and O–H groups in total. The topological polar surface area (TPSA) is 83.4 Å². The average Bonchev–Trinajstić information content (AvgIpc) is 3.43. The summed E-state index contributed by atoms with van der Waals surface area (Å²) in [7, 11) is 0. The molecule has 0 amide bonds. The SMILES string of the molecule is Nc1n[nH]c2cc(-c3ccc(-c4cnc(C5CCCC5)[nH]4)cc3)ccc12. The quantitative estimate of drug-likeness (QED) is 0.497. The number of fused-ring (bicyclic) bond motifs is 1. The Bertz CT molecular complexity index is 1050. The molecule has 4 aromatic rings. The highest BCUT2D eigenvalue weighted by atomic mass is 15.1. The van der Waals surface area contributed by atoms with Crippen molar-refractivity contribution in [1.82, 2.24) is 20.2 Å². The Morgan fingerprint density at radius 3 is 2.46 bits per heavy atom. The van der Waals surface area contributed by atoms with E-state index in [9.17, 15) is 0 Å². The van der Waals surface area contributed by atoms with Crippen LogP contribution in [-0.4, -0.2) is 20.2 Å². The van der Waals surface area contributed by atoms with E-state index in [0.717, 1.165) is 33.5 Å². The van der Waals surface area contributed by atoms with Gasteiger partial charge in [-0.1, -0.05) is 43.2 Å². The molecule has 5 heteroatoms. The average molecular weight is 343 g/mol. The van der Waals surface area contributed by atoms with E-state index in [-0.39, 0.29) is 0 Å². The van der Waals surface area contributed by atoms with Gasteiger partial charge in [-0.05, 0) is 41.7 Å². The molecule has 2 aromatic heterocycles. The van der Waals surface area contributed by atoms with E-state index in [1.165, 1.54) is 31.2 Å². The van der Waals surface area contributed by atoms with Gasteiger partial charge in [-0.3, -0.25) is 5.10 Å². The highest BCUT2D eigenvalue weighted by molar-refractivity contribution is 5.91. The van der Waals surface area contributed by atoms with Crippen molar-refractivity contribution in [2.45, 2.75) is 31.6 Å². The summed E-state index contributed by atoms with van der Waals surface area (Å²) < 4.78 is 0. The predicted octanol–water partition coefficient (Wildman–Crippen LogP) is 4.86.